The molecule has 0 amide bonds. The summed E-state index contributed by atoms with van der Waals surface area (Å²) < 4.78 is 0. The van der Waals surface area contributed by atoms with Gasteiger partial charge in [-0.2, -0.15) is 0 Å². The number of benzene rings is 1. The van der Waals surface area contributed by atoms with Gasteiger partial charge in [0.05, 0.1) is 5.41 Å². The van der Waals surface area contributed by atoms with Gasteiger partial charge in [-0.05, 0) is 36.2 Å². The predicted octanol–water partition coefficient (Wildman–Crippen LogP) is 5.67. The van der Waals surface area contributed by atoms with E-state index in [1.165, 1.54) is 0 Å². The molecular formula is C21H30O2. The number of rotatable bonds is 2. The molecule has 1 aliphatic rings. The minimum Gasteiger partial charge on any atom is -0.507 e. The molecule has 0 radical (unpaired) electrons. The summed E-state index contributed by atoms with van der Waals surface area (Å²) in [5, 5.41) is 10.7. The average Bonchev–Trinajstić information content (AvgIpc) is 2.41. The first-order valence-corrected chi connectivity index (χ1v) is 8.46. The van der Waals surface area contributed by atoms with Crippen molar-refractivity contribution < 1.29 is 9.90 Å². The minimum absolute atomic E-state index is 0.0745. The number of carbonyl (C=O) groups excluding carboxylic acids is 1. The maximum atomic E-state index is 13.4. The lowest BCUT2D eigenvalue weighted by molar-refractivity contribution is -0.122. The van der Waals surface area contributed by atoms with Gasteiger partial charge >= 0.3 is 0 Å². The van der Waals surface area contributed by atoms with Crippen LogP contribution >= 0.6 is 0 Å². The molecule has 2 nitrogen and oxygen atoms in total. The summed E-state index contributed by atoms with van der Waals surface area (Å²) in [5.74, 6) is 0.233. The number of fused-ring (bicyclic) bond motifs is 1. The van der Waals surface area contributed by atoms with Crippen LogP contribution in [0.2, 0.25) is 0 Å². The molecule has 0 heterocycles. The Kier molecular flexibility index (Phi) is 4.26. The maximum Gasteiger partial charge on any atom is 0.173 e. The van der Waals surface area contributed by atoms with Crippen LogP contribution in [-0.2, 0) is 10.2 Å². The first-order chi connectivity index (χ1) is 10.4. The molecular weight excluding hydrogens is 284 g/mol. The second-order valence-electron chi connectivity index (χ2n) is 9.24. The van der Waals surface area contributed by atoms with Gasteiger partial charge in [-0.1, -0.05) is 65.8 Å². The fourth-order valence-corrected chi connectivity index (χ4v) is 3.38. The first-order valence-electron chi connectivity index (χ1n) is 8.46. The summed E-state index contributed by atoms with van der Waals surface area (Å²) >= 11 is 0. The van der Waals surface area contributed by atoms with Gasteiger partial charge in [0.1, 0.15) is 5.76 Å². The summed E-state index contributed by atoms with van der Waals surface area (Å²) in [5.41, 5.74) is 1.56. The quantitative estimate of drug-likeness (QED) is 0.763. The Morgan fingerprint density at radius 1 is 1.04 bits per heavy atom. The van der Waals surface area contributed by atoms with Crippen molar-refractivity contribution in [1.29, 1.82) is 0 Å². The van der Waals surface area contributed by atoms with Gasteiger partial charge in [-0.3, -0.25) is 4.79 Å². The van der Waals surface area contributed by atoms with E-state index in [0.717, 1.165) is 24.0 Å². The van der Waals surface area contributed by atoms with E-state index in [1.807, 2.05) is 52.0 Å². The lowest BCUT2D eigenvalue weighted by Gasteiger charge is -2.40. The summed E-state index contributed by atoms with van der Waals surface area (Å²) in [6.45, 7) is 14.6. The van der Waals surface area contributed by atoms with E-state index in [4.69, 9.17) is 0 Å². The van der Waals surface area contributed by atoms with Crippen molar-refractivity contribution in [2.75, 3.05) is 0 Å². The number of hydrogen-bond acceptors (Lipinski definition) is 2. The third-order valence-corrected chi connectivity index (χ3v) is 4.87. The molecule has 0 saturated heterocycles. The number of aliphatic hydroxyl groups excluding tert-OH is 1. The Labute approximate surface area is 140 Å². The molecule has 1 N–H and O–H groups in total. The molecule has 126 valence electrons. The fraction of sp³-hybridized carbons (Fsp3) is 0.571. The lowest BCUT2D eigenvalue weighted by Crippen LogP contribution is -2.42. The highest BCUT2D eigenvalue weighted by Crippen LogP contribution is 2.47. The van der Waals surface area contributed by atoms with Crippen LogP contribution in [0, 0.1) is 10.8 Å². The molecule has 1 aromatic rings. The molecule has 0 bridgehead atoms. The SMILES string of the molecule is CC(C)(C)CC[C@@]1(C)C(=O)C(C(C)(C)C)=C(O)c2ccccc21. The topological polar surface area (TPSA) is 37.3 Å². The zero-order valence-electron chi connectivity index (χ0n) is 15.6. The van der Waals surface area contributed by atoms with Gasteiger partial charge in [0, 0.05) is 11.1 Å². The molecule has 0 spiro atoms. The largest absolute Gasteiger partial charge is 0.507 e. The molecule has 2 heteroatoms. The molecule has 0 fully saturated rings. The highest BCUT2D eigenvalue weighted by atomic mass is 16.3. The van der Waals surface area contributed by atoms with Gasteiger partial charge < -0.3 is 5.11 Å². The second kappa shape index (κ2) is 5.51. The van der Waals surface area contributed by atoms with Gasteiger partial charge in [0.2, 0.25) is 0 Å². The van der Waals surface area contributed by atoms with Crippen LogP contribution in [0.4, 0.5) is 0 Å². The van der Waals surface area contributed by atoms with Crippen LogP contribution in [0.1, 0.15) is 72.4 Å². The number of hydrogen-bond donors (Lipinski definition) is 1. The highest BCUT2D eigenvalue weighted by molar-refractivity contribution is 6.11. The van der Waals surface area contributed by atoms with E-state index in [0.29, 0.717) is 5.57 Å². The zero-order chi connectivity index (χ0) is 17.6. The number of carbonyl (C=O) groups is 1. The van der Waals surface area contributed by atoms with Crippen molar-refractivity contribution >= 4 is 11.5 Å². The van der Waals surface area contributed by atoms with Crippen molar-refractivity contribution in [2.45, 2.75) is 66.7 Å². The normalized spacial score (nSPS) is 22.3. The summed E-state index contributed by atoms with van der Waals surface area (Å²) in [6, 6.07) is 7.80. The molecule has 0 unspecified atom stereocenters. The Morgan fingerprint density at radius 2 is 1.61 bits per heavy atom. The van der Waals surface area contributed by atoms with Crippen LogP contribution in [0.25, 0.3) is 5.76 Å². The minimum atomic E-state index is -0.571. The van der Waals surface area contributed by atoms with E-state index in [1.54, 1.807) is 0 Å². The van der Waals surface area contributed by atoms with E-state index < -0.39 is 5.41 Å². The summed E-state index contributed by atoms with van der Waals surface area (Å²) in [4.78, 5) is 13.4. The van der Waals surface area contributed by atoms with E-state index in [9.17, 15) is 9.90 Å². The van der Waals surface area contributed by atoms with Crippen molar-refractivity contribution in [3.8, 4) is 0 Å². The van der Waals surface area contributed by atoms with Crippen LogP contribution < -0.4 is 0 Å². The van der Waals surface area contributed by atoms with Crippen LogP contribution in [-0.4, -0.2) is 10.9 Å². The lowest BCUT2D eigenvalue weighted by atomic mass is 9.62. The maximum absolute atomic E-state index is 13.4. The first kappa shape index (κ1) is 17.8. The number of aliphatic hydroxyl groups is 1. The summed E-state index contributed by atoms with van der Waals surface area (Å²) in [7, 11) is 0. The van der Waals surface area contributed by atoms with E-state index in [-0.39, 0.29) is 22.4 Å². The molecule has 0 saturated carbocycles. The van der Waals surface area contributed by atoms with Crippen LogP contribution in [0.15, 0.2) is 29.8 Å². The van der Waals surface area contributed by atoms with Gasteiger partial charge in [-0.15, -0.1) is 0 Å². The third-order valence-electron chi connectivity index (χ3n) is 4.87. The monoisotopic (exact) mass is 314 g/mol. The number of allylic oxidation sites excluding steroid dienone is 1. The highest BCUT2D eigenvalue weighted by Gasteiger charge is 2.46. The van der Waals surface area contributed by atoms with Crippen molar-refractivity contribution in [2.24, 2.45) is 10.8 Å². The standard InChI is InChI=1S/C21H30O2/c1-19(2,3)12-13-21(7)15-11-9-8-10-14(15)17(22)16(18(21)23)20(4,5)6/h8-11,22H,12-13H2,1-7H3/t21-/m1/s1. The van der Waals surface area contributed by atoms with Gasteiger partial charge in [-0.25, -0.2) is 0 Å². The van der Waals surface area contributed by atoms with Crippen molar-refractivity contribution in [3.05, 3.63) is 41.0 Å². The Bertz CT molecular complexity index is 653. The third kappa shape index (κ3) is 3.22. The molecule has 0 aliphatic heterocycles. The van der Waals surface area contributed by atoms with Crippen molar-refractivity contribution in [3.63, 3.8) is 0 Å². The van der Waals surface area contributed by atoms with E-state index >= 15 is 0 Å². The predicted molar refractivity (Wildman–Crippen MR) is 96.5 cm³/mol. The molecule has 1 aromatic carbocycles. The number of ketones is 1. The summed E-state index contributed by atoms with van der Waals surface area (Å²) in [6.07, 6.45) is 1.75. The molecule has 23 heavy (non-hydrogen) atoms. The van der Waals surface area contributed by atoms with Crippen molar-refractivity contribution in [1.82, 2.24) is 0 Å². The fourth-order valence-electron chi connectivity index (χ4n) is 3.38. The average molecular weight is 314 g/mol. The Morgan fingerprint density at radius 3 is 2.13 bits per heavy atom. The van der Waals surface area contributed by atoms with Gasteiger partial charge in [0.15, 0.2) is 5.78 Å². The Balaban J connectivity index is 2.64. The second-order valence-corrected chi connectivity index (χ2v) is 9.24. The molecule has 0 aromatic heterocycles. The van der Waals surface area contributed by atoms with Crippen LogP contribution in [0.3, 0.4) is 0 Å². The number of Topliss-reactive ketones (excluding diaryl/α,β-unsaturated/α-hetero) is 1. The molecule has 1 aliphatic carbocycles. The van der Waals surface area contributed by atoms with Crippen LogP contribution in [0.5, 0.6) is 0 Å². The van der Waals surface area contributed by atoms with E-state index in [2.05, 4.69) is 20.8 Å². The Hall–Kier alpha value is -1.57. The molecule has 2 rings (SSSR count). The molecule has 1 atom stereocenters. The van der Waals surface area contributed by atoms with Gasteiger partial charge in [0.25, 0.3) is 0 Å². The smallest absolute Gasteiger partial charge is 0.173 e. The zero-order valence-corrected chi connectivity index (χ0v) is 15.6.